The van der Waals surface area contributed by atoms with Crippen molar-refractivity contribution >= 4 is 15.9 Å². The van der Waals surface area contributed by atoms with Gasteiger partial charge in [0.2, 0.25) is 0 Å². The van der Waals surface area contributed by atoms with E-state index in [4.69, 9.17) is 9.47 Å². The van der Waals surface area contributed by atoms with Gasteiger partial charge in [0, 0.05) is 24.0 Å². The molecule has 0 spiro atoms. The van der Waals surface area contributed by atoms with Crippen molar-refractivity contribution in [2.24, 2.45) is 0 Å². The fraction of sp³-hybridized carbons (Fsp3) is 0.125. The average molecular weight is 359 g/mol. The first kappa shape index (κ1) is 13.6. The normalized spacial score (nSPS) is 20.2. The van der Waals surface area contributed by atoms with E-state index in [1.54, 1.807) is 0 Å². The Morgan fingerprint density at radius 1 is 1.31 bits per heavy atom. The van der Waals surface area contributed by atoms with Crippen molar-refractivity contribution in [2.45, 2.75) is 0 Å². The second-order valence-corrected chi connectivity index (χ2v) is 3.15. The Morgan fingerprint density at radius 3 is 2.69 bits per heavy atom. The molecule has 0 N–H and O–H groups in total. The molecule has 0 atom stereocenters. The molecule has 2 nitrogen and oxygen atoms in total. The fourth-order valence-electron chi connectivity index (χ4n) is 0.959. The van der Waals surface area contributed by atoms with Crippen molar-refractivity contribution in [3.63, 3.8) is 0 Å². The summed E-state index contributed by atoms with van der Waals surface area (Å²) in [6.45, 7) is 4.13. The second kappa shape index (κ2) is 5.45. The van der Waals surface area contributed by atoms with Crippen LogP contribution in [0.5, 0.6) is 0 Å². The zero-order valence-electron chi connectivity index (χ0n) is 6.85. The Labute approximate surface area is 109 Å². The van der Waals surface area contributed by atoms with Crippen LogP contribution in [0.1, 0.15) is 0 Å². The summed E-state index contributed by atoms with van der Waals surface area (Å²) in [5.41, 5.74) is 0.911. The average Bonchev–Trinajstić information content (AvgIpc) is 2.36. The van der Waals surface area contributed by atoms with E-state index in [0.29, 0.717) is 6.79 Å². The summed E-state index contributed by atoms with van der Waals surface area (Å²) in [4.78, 5) is 0. The number of hydrogen-bond donors (Lipinski definition) is 0. The predicted molar refractivity (Wildman–Crippen MR) is 44.5 cm³/mol. The molecule has 0 aromatic carbocycles. The van der Waals surface area contributed by atoms with Gasteiger partial charge in [0.05, 0.1) is 0 Å². The van der Waals surface area contributed by atoms with Gasteiger partial charge in [-0.15, -0.1) is 0 Å². The zero-order chi connectivity index (χ0) is 7.84. The number of fused-ring (bicyclic) bond motifs is 1. The maximum atomic E-state index is 5.15. The minimum atomic E-state index is 0. The molecule has 1 radical (unpaired) electrons. The summed E-state index contributed by atoms with van der Waals surface area (Å²) in [6.07, 6.45) is 4.50. The standard InChI is InChI=1S/C8H6BrO2.BrH.Zn/c1-5-2-7-8(3-6(5)9)11-4-10-7;;/h2-3H,1,4H2;1H;/p-1. The van der Waals surface area contributed by atoms with Crippen LogP contribution >= 0.6 is 15.9 Å². The first-order valence-corrected chi connectivity index (χ1v) is 3.98. The van der Waals surface area contributed by atoms with E-state index in [-0.39, 0.29) is 36.5 Å². The van der Waals surface area contributed by atoms with E-state index in [1.807, 2.05) is 12.2 Å². The van der Waals surface area contributed by atoms with Gasteiger partial charge >= 0.3 is 0 Å². The van der Waals surface area contributed by atoms with E-state index in [1.165, 1.54) is 0 Å². The molecule has 2 aliphatic rings. The van der Waals surface area contributed by atoms with Gasteiger partial charge in [-0.05, 0) is 17.7 Å². The van der Waals surface area contributed by atoms with Gasteiger partial charge < -0.3 is 26.5 Å². The Morgan fingerprint density at radius 2 is 2.00 bits per heavy atom. The predicted octanol–water partition coefficient (Wildman–Crippen LogP) is -0.743. The monoisotopic (exact) mass is 356 g/mol. The first-order valence-electron chi connectivity index (χ1n) is 3.18. The first-order chi connectivity index (χ1) is 5.27. The molecule has 2 rings (SSSR count). The summed E-state index contributed by atoms with van der Waals surface area (Å²) >= 11 is 3.35. The smallest absolute Gasteiger partial charge is 0.190 e. The molecule has 0 unspecified atom stereocenters. The van der Waals surface area contributed by atoms with Gasteiger partial charge in [-0.2, -0.15) is 0 Å². The summed E-state index contributed by atoms with van der Waals surface area (Å²) < 4.78 is 11.3. The third-order valence-corrected chi connectivity index (χ3v) is 2.28. The van der Waals surface area contributed by atoms with E-state index < -0.39 is 0 Å². The second-order valence-electron chi connectivity index (χ2n) is 2.30. The molecule has 1 fully saturated rings. The third-order valence-electron chi connectivity index (χ3n) is 1.54. The van der Waals surface area contributed by atoms with E-state index >= 15 is 0 Å². The minimum Gasteiger partial charge on any atom is -1.00 e. The van der Waals surface area contributed by atoms with E-state index in [2.05, 4.69) is 22.5 Å². The number of hydrogen-bond acceptors (Lipinski definition) is 2. The molecular weight excluding hydrogens is 353 g/mol. The molecule has 1 heterocycles. The van der Waals surface area contributed by atoms with Crippen LogP contribution in [0.25, 0.3) is 0 Å². The molecule has 1 aliphatic carbocycles. The molecular formula is C8H6Br2O2Zn-. The van der Waals surface area contributed by atoms with E-state index in [9.17, 15) is 0 Å². The van der Waals surface area contributed by atoms with Crippen LogP contribution in [0.2, 0.25) is 0 Å². The maximum Gasteiger partial charge on any atom is 0.190 e. The maximum absolute atomic E-state index is 5.15. The molecule has 1 saturated heterocycles. The Kier molecular flexibility index (Phi) is 5.68. The van der Waals surface area contributed by atoms with Crippen LogP contribution in [0, 0.1) is 6.10 Å². The van der Waals surface area contributed by atoms with Gasteiger partial charge in [0.15, 0.2) is 12.9 Å². The molecule has 0 amide bonds. The zero-order valence-corrected chi connectivity index (χ0v) is 13.0. The number of ether oxygens (including phenoxy) is 2. The molecule has 5 heteroatoms. The van der Waals surface area contributed by atoms with Crippen molar-refractivity contribution < 1.29 is 45.9 Å². The Hall–Kier alpha value is 0.563. The van der Waals surface area contributed by atoms with Crippen molar-refractivity contribution in [1.82, 2.24) is 0 Å². The summed E-state index contributed by atoms with van der Waals surface area (Å²) in [6, 6.07) is 0. The van der Waals surface area contributed by atoms with Crippen LogP contribution < -0.4 is 17.0 Å². The molecule has 0 aromatic heterocycles. The third kappa shape index (κ3) is 2.75. The Bertz CT molecular complexity index is 273. The molecule has 1 aliphatic heterocycles. The number of allylic oxidation sites excluding steroid dienone is 3. The van der Waals surface area contributed by atoms with E-state index in [0.717, 1.165) is 21.9 Å². The van der Waals surface area contributed by atoms with Crippen LogP contribution in [0.3, 0.4) is 0 Å². The molecule has 0 saturated carbocycles. The number of rotatable bonds is 0. The van der Waals surface area contributed by atoms with Gasteiger partial charge in [0.25, 0.3) is 0 Å². The molecule has 0 bridgehead atoms. The molecule has 67 valence electrons. The van der Waals surface area contributed by atoms with Crippen molar-refractivity contribution in [1.29, 1.82) is 0 Å². The topological polar surface area (TPSA) is 18.5 Å². The SMILES string of the molecule is C=C1C=C2OCO[C]2C=C1Br.[Br-].[Zn]. The molecule has 13 heavy (non-hydrogen) atoms. The Balaban J connectivity index is 0.000000720. The molecule has 0 aromatic rings. The van der Waals surface area contributed by atoms with Crippen LogP contribution in [-0.2, 0) is 29.0 Å². The quantitative estimate of drug-likeness (QED) is 0.531. The van der Waals surface area contributed by atoms with Gasteiger partial charge in [-0.3, -0.25) is 0 Å². The van der Waals surface area contributed by atoms with Crippen LogP contribution in [0.15, 0.2) is 34.5 Å². The van der Waals surface area contributed by atoms with Gasteiger partial charge in [0.1, 0.15) is 5.76 Å². The van der Waals surface area contributed by atoms with Crippen LogP contribution in [0.4, 0.5) is 0 Å². The minimum absolute atomic E-state index is 0. The van der Waals surface area contributed by atoms with Crippen molar-refractivity contribution in [2.75, 3.05) is 6.79 Å². The van der Waals surface area contributed by atoms with Crippen LogP contribution in [-0.4, -0.2) is 6.79 Å². The largest absolute Gasteiger partial charge is 1.00 e. The summed E-state index contributed by atoms with van der Waals surface area (Å²) in [5.74, 6) is 0.776. The fourth-order valence-corrected chi connectivity index (χ4v) is 1.28. The van der Waals surface area contributed by atoms with Gasteiger partial charge in [-0.1, -0.05) is 22.5 Å². The van der Waals surface area contributed by atoms with Gasteiger partial charge in [-0.25, -0.2) is 0 Å². The number of halogens is 2. The summed E-state index contributed by atoms with van der Waals surface area (Å²) in [7, 11) is 0. The van der Waals surface area contributed by atoms with Crippen molar-refractivity contribution in [3.05, 3.63) is 40.6 Å². The summed E-state index contributed by atoms with van der Waals surface area (Å²) in [5, 5.41) is 0. The van der Waals surface area contributed by atoms with Crippen molar-refractivity contribution in [3.8, 4) is 0 Å².